The maximum atomic E-state index is 11.0. The Kier molecular flexibility index (Phi) is 3.89. The van der Waals surface area contributed by atoms with Gasteiger partial charge >= 0.3 is 0 Å². The summed E-state index contributed by atoms with van der Waals surface area (Å²) in [5.41, 5.74) is 7.55. The minimum atomic E-state index is -0.272. The van der Waals surface area contributed by atoms with E-state index in [1.807, 2.05) is 19.1 Å². The molecule has 2 heteroatoms. The molecule has 82 valence electrons. The number of hydrogen-bond donors (Lipinski definition) is 1. The van der Waals surface area contributed by atoms with E-state index in [1.54, 1.807) is 0 Å². The van der Waals surface area contributed by atoms with E-state index in [-0.39, 0.29) is 11.8 Å². The molecule has 0 heterocycles. The Balaban J connectivity index is 2.76. The maximum Gasteiger partial charge on any atom is 0.224 e. The van der Waals surface area contributed by atoms with E-state index < -0.39 is 0 Å². The fraction of sp³-hybridized carbons (Fsp3) is 0.462. The van der Waals surface area contributed by atoms with Crippen LogP contribution >= 0.6 is 0 Å². The first-order valence-electron chi connectivity index (χ1n) is 5.39. The molecule has 0 fully saturated rings. The molecule has 1 aromatic rings. The van der Waals surface area contributed by atoms with Gasteiger partial charge in [-0.25, -0.2) is 0 Å². The lowest BCUT2D eigenvalue weighted by Crippen LogP contribution is -2.18. The predicted octanol–water partition coefficient (Wildman–Crippen LogP) is 2.47. The van der Waals surface area contributed by atoms with Crippen molar-refractivity contribution in [2.45, 2.75) is 33.1 Å². The predicted molar refractivity (Wildman–Crippen MR) is 62.6 cm³/mol. The molecule has 2 nitrogen and oxygen atoms in total. The number of benzene rings is 1. The third-order valence-electron chi connectivity index (χ3n) is 2.55. The van der Waals surface area contributed by atoms with Gasteiger partial charge in [-0.15, -0.1) is 0 Å². The molecule has 1 amide bonds. The summed E-state index contributed by atoms with van der Waals surface area (Å²) >= 11 is 0. The van der Waals surface area contributed by atoms with Crippen LogP contribution in [0.25, 0.3) is 0 Å². The second-order valence-electron chi connectivity index (χ2n) is 4.46. The Morgan fingerprint density at radius 1 is 1.20 bits per heavy atom. The number of rotatable bonds is 4. The topological polar surface area (TPSA) is 43.1 Å². The molecule has 1 atom stereocenters. The summed E-state index contributed by atoms with van der Waals surface area (Å²) in [5, 5.41) is 0. The molecular weight excluding hydrogens is 186 g/mol. The third kappa shape index (κ3) is 3.39. The molecule has 0 saturated carbocycles. The lowest BCUT2D eigenvalue weighted by atomic mass is 9.96. The molecule has 2 N–H and O–H groups in total. The van der Waals surface area contributed by atoms with Crippen LogP contribution in [-0.4, -0.2) is 5.91 Å². The van der Waals surface area contributed by atoms with Gasteiger partial charge in [0.15, 0.2) is 0 Å². The Labute approximate surface area is 91.5 Å². The van der Waals surface area contributed by atoms with Gasteiger partial charge in [0, 0.05) is 0 Å². The molecular formula is C13H19NO. The van der Waals surface area contributed by atoms with Crippen molar-refractivity contribution in [1.82, 2.24) is 0 Å². The summed E-state index contributed by atoms with van der Waals surface area (Å²) in [4.78, 5) is 11.0. The van der Waals surface area contributed by atoms with Gasteiger partial charge in [0.05, 0.1) is 5.92 Å². The van der Waals surface area contributed by atoms with Crippen LogP contribution < -0.4 is 5.73 Å². The first-order valence-corrected chi connectivity index (χ1v) is 5.39. The zero-order chi connectivity index (χ0) is 11.4. The average molecular weight is 205 g/mol. The number of hydrogen-bond acceptors (Lipinski definition) is 1. The van der Waals surface area contributed by atoms with Gasteiger partial charge in [-0.3, -0.25) is 4.79 Å². The van der Waals surface area contributed by atoms with Crippen LogP contribution in [0, 0.1) is 5.92 Å². The molecule has 1 aromatic carbocycles. The molecule has 0 saturated heterocycles. The van der Waals surface area contributed by atoms with Gasteiger partial charge in [-0.2, -0.15) is 0 Å². The lowest BCUT2D eigenvalue weighted by Gasteiger charge is -2.09. The highest BCUT2D eigenvalue weighted by Crippen LogP contribution is 2.16. The van der Waals surface area contributed by atoms with Gasteiger partial charge < -0.3 is 5.73 Å². The highest BCUT2D eigenvalue weighted by Gasteiger charge is 2.10. The largest absolute Gasteiger partial charge is 0.369 e. The van der Waals surface area contributed by atoms with Gasteiger partial charge in [-0.1, -0.05) is 38.1 Å². The molecule has 0 spiro atoms. The van der Waals surface area contributed by atoms with Crippen molar-refractivity contribution in [1.29, 1.82) is 0 Å². The second kappa shape index (κ2) is 4.96. The Bertz CT molecular complexity index is 327. The van der Waals surface area contributed by atoms with Crippen LogP contribution in [0.4, 0.5) is 0 Å². The van der Waals surface area contributed by atoms with Crippen LogP contribution in [0.1, 0.15) is 37.8 Å². The maximum absolute atomic E-state index is 11.0. The minimum Gasteiger partial charge on any atom is -0.369 e. The molecule has 0 unspecified atom stereocenters. The zero-order valence-electron chi connectivity index (χ0n) is 9.66. The Morgan fingerprint density at radius 2 is 1.73 bits per heavy atom. The third-order valence-corrected chi connectivity index (χ3v) is 2.55. The summed E-state index contributed by atoms with van der Waals surface area (Å²) in [6, 6.07) is 8.14. The quantitative estimate of drug-likeness (QED) is 0.806. The van der Waals surface area contributed by atoms with Gasteiger partial charge in [0.1, 0.15) is 0 Å². The first-order chi connectivity index (χ1) is 7.00. The SMILES string of the molecule is CC(C)Cc1ccc([C@@H](C)C(N)=O)cc1. The van der Waals surface area contributed by atoms with Gasteiger partial charge in [-0.05, 0) is 30.4 Å². The lowest BCUT2D eigenvalue weighted by molar-refractivity contribution is -0.119. The molecule has 1 rings (SSSR count). The molecule has 0 aliphatic rings. The summed E-state index contributed by atoms with van der Waals surface area (Å²) in [6.45, 7) is 6.22. The van der Waals surface area contributed by atoms with Crippen molar-refractivity contribution in [3.05, 3.63) is 35.4 Å². The van der Waals surface area contributed by atoms with E-state index in [1.165, 1.54) is 5.56 Å². The van der Waals surface area contributed by atoms with Crippen LogP contribution in [0.15, 0.2) is 24.3 Å². The number of nitrogens with two attached hydrogens (primary N) is 1. The monoisotopic (exact) mass is 205 g/mol. The van der Waals surface area contributed by atoms with Crippen LogP contribution in [0.5, 0.6) is 0 Å². The summed E-state index contributed by atoms with van der Waals surface area (Å²) < 4.78 is 0. The van der Waals surface area contributed by atoms with Gasteiger partial charge in [0.2, 0.25) is 5.91 Å². The number of amides is 1. The van der Waals surface area contributed by atoms with Crippen molar-refractivity contribution in [2.75, 3.05) is 0 Å². The van der Waals surface area contributed by atoms with Crippen LogP contribution in [0.3, 0.4) is 0 Å². The molecule has 0 aliphatic heterocycles. The number of primary amides is 1. The summed E-state index contributed by atoms with van der Waals surface area (Å²) in [7, 11) is 0. The van der Waals surface area contributed by atoms with E-state index in [0.29, 0.717) is 5.92 Å². The average Bonchev–Trinajstić information content (AvgIpc) is 2.17. The van der Waals surface area contributed by atoms with Crippen molar-refractivity contribution in [3.8, 4) is 0 Å². The standard InChI is InChI=1S/C13H19NO/c1-9(2)8-11-4-6-12(7-5-11)10(3)13(14)15/h4-7,9-10H,8H2,1-3H3,(H2,14,15)/t10-/m1/s1. The summed E-state index contributed by atoms with van der Waals surface area (Å²) in [5.74, 6) is 0.189. The smallest absolute Gasteiger partial charge is 0.224 e. The molecule has 15 heavy (non-hydrogen) atoms. The minimum absolute atomic E-state index is 0.196. The van der Waals surface area contributed by atoms with Crippen LogP contribution in [-0.2, 0) is 11.2 Å². The second-order valence-corrected chi connectivity index (χ2v) is 4.46. The first kappa shape index (κ1) is 11.8. The zero-order valence-corrected chi connectivity index (χ0v) is 9.66. The Morgan fingerprint density at radius 3 is 2.13 bits per heavy atom. The highest BCUT2D eigenvalue weighted by atomic mass is 16.1. The van der Waals surface area contributed by atoms with E-state index in [2.05, 4.69) is 26.0 Å². The number of carbonyl (C=O) groups excluding carboxylic acids is 1. The fourth-order valence-electron chi connectivity index (χ4n) is 1.58. The molecule has 0 aliphatic carbocycles. The molecule has 0 radical (unpaired) electrons. The van der Waals surface area contributed by atoms with Crippen molar-refractivity contribution < 1.29 is 4.79 Å². The van der Waals surface area contributed by atoms with Crippen LogP contribution in [0.2, 0.25) is 0 Å². The van der Waals surface area contributed by atoms with Gasteiger partial charge in [0.25, 0.3) is 0 Å². The fourth-order valence-corrected chi connectivity index (χ4v) is 1.58. The number of carbonyl (C=O) groups is 1. The van der Waals surface area contributed by atoms with E-state index in [4.69, 9.17) is 5.73 Å². The summed E-state index contributed by atoms with van der Waals surface area (Å²) in [6.07, 6.45) is 1.07. The Hall–Kier alpha value is -1.31. The van der Waals surface area contributed by atoms with E-state index >= 15 is 0 Å². The molecule has 0 aromatic heterocycles. The highest BCUT2D eigenvalue weighted by molar-refractivity contribution is 5.81. The van der Waals surface area contributed by atoms with Crippen molar-refractivity contribution in [2.24, 2.45) is 11.7 Å². The van der Waals surface area contributed by atoms with E-state index in [9.17, 15) is 4.79 Å². The van der Waals surface area contributed by atoms with Crippen molar-refractivity contribution >= 4 is 5.91 Å². The molecule has 0 bridgehead atoms. The van der Waals surface area contributed by atoms with E-state index in [0.717, 1.165) is 12.0 Å². The van der Waals surface area contributed by atoms with Crippen molar-refractivity contribution in [3.63, 3.8) is 0 Å². The normalized spacial score (nSPS) is 12.8.